The van der Waals surface area contributed by atoms with Crippen LogP contribution in [-0.4, -0.2) is 42.1 Å². The van der Waals surface area contributed by atoms with Crippen molar-refractivity contribution >= 4 is 22.8 Å². The lowest BCUT2D eigenvalue weighted by atomic mass is 9.76. The first-order chi connectivity index (χ1) is 19.5. The third-order valence-electron chi connectivity index (χ3n) is 7.43. The van der Waals surface area contributed by atoms with Crippen molar-refractivity contribution in [3.63, 3.8) is 0 Å². The highest BCUT2D eigenvalue weighted by Crippen LogP contribution is 2.32. The van der Waals surface area contributed by atoms with Crippen LogP contribution in [0.1, 0.15) is 40.7 Å². The largest absolute Gasteiger partial charge is 0.489 e. The van der Waals surface area contributed by atoms with Crippen molar-refractivity contribution in [2.75, 3.05) is 13.7 Å². The van der Waals surface area contributed by atoms with E-state index in [0.29, 0.717) is 17.3 Å². The molecule has 8 heteroatoms. The number of carbonyl (C=O) groups excluding carboxylic acids is 2. The summed E-state index contributed by atoms with van der Waals surface area (Å²) < 4.78 is 26.0. The minimum Gasteiger partial charge on any atom is -0.489 e. The van der Waals surface area contributed by atoms with Crippen LogP contribution in [0.25, 0.3) is 10.9 Å². The van der Waals surface area contributed by atoms with E-state index in [2.05, 4.69) is 15.6 Å². The molecule has 1 aliphatic rings. The number of benzene rings is 3. The van der Waals surface area contributed by atoms with Gasteiger partial charge in [0.2, 0.25) is 5.91 Å². The van der Waals surface area contributed by atoms with Crippen LogP contribution in [0.5, 0.6) is 5.75 Å². The zero-order valence-electron chi connectivity index (χ0n) is 22.4. The SMILES string of the molecule is CNC1(C(=O)N[C@@H](COc2cnc3ccc(F)cc3c2C(=O)OCc2ccccc2)Cc2ccccc2)CCC1. The van der Waals surface area contributed by atoms with Gasteiger partial charge in [-0.3, -0.25) is 9.78 Å². The normalized spacial score (nSPS) is 14.7. The van der Waals surface area contributed by atoms with Gasteiger partial charge in [0.25, 0.3) is 0 Å². The molecule has 1 saturated carbocycles. The average molecular weight is 542 g/mol. The fourth-order valence-corrected chi connectivity index (χ4v) is 4.95. The van der Waals surface area contributed by atoms with E-state index in [9.17, 15) is 14.0 Å². The molecule has 5 rings (SSSR count). The molecule has 0 radical (unpaired) electrons. The number of likely N-dealkylation sites (N-methyl/N-ethyl adjacent to an activating group) is 1. The molecule has 3 aromatic carbocycles. The van der Waals surface area contributed by atoms with Gasteiger partial charge < -0.3 is 20.1 Å². The molecule has 2 N–H and O–H groups in total. The van der Waals surface area contributed by atoms with Crippen LogP contribution in [0.2, 0.25) is 0 Å². The quantitative estimate of drug-likeness (QED) is 0.261. The number of nitrogens with zero attached hydrogens (tertiary/aromatic N) is 1. The number of amides is 1. The van der Waals surface area contributed by atoms with Crippen LogP contribution in [0.4, 0.5) is 4.39 Å². The van der Waals surface area contributed by atoms with Gasteiger partial charge in [0.15, 0.2) is 5.75 Å². The standard InChI is InChI=1S/C32H32FN3O4/c1-34-32(15-8-16-32)31(38)36-25(17-22-9-4-2-5-10-22)21-39-28-19-35-27-14-13-24(33)18-26(27)29(28)30(37)40-20-23-11-6-3-7-12-23/h2-7,9-14,18-19,25,34H,8,15-17,20-21H2,1H3,(H,36,38)/t25-/m1/s1. The third kappa shape index (κ3) is 6.13. The summed E-state index contributed by atoms with van der Waals surface area (Å²) >= 11 is 0. The highest BCUT2D eigenvalue weighted by molar-refractivity contribution is 6.05. The van der Waals surface area contributed by atoms with Gasteiger partial charge in [-0.2, -0.15) is 0 Å². The Labute approximate surface area is 232 Å². The van der Waals surface area contributed by atoms with Crippen LogP contribution in [0.15, 0.2) is 85.1 Å². The van der Waals surface area contributed by atoms with Crippen LogP contribution < -0.4 is 15.4 Å². The van der Waals surface area contributed by atoms with Crippen molar-refractivity contribution < 1.29 is 23.5 Å². The van der Waals surface area contributed by atoms with Gasteiger partial charge in [-0.05, 0) is 62.1 Å². The maximum Gasteiger partial charge on any atom is 0.343 e. The minimum atomic E-state index is -0.649. The van der Waals surface area contributed by atoms with E-state index >= 15 is 0 Å². The molecule has 7 nitrogen and oxygen atoms in total. The maximum absolute atomic E-state index is 14.3. The molecule has 1 aliphatic carbocycles. The van der Waals surface area contributed by atoms with Crippen molar-refractivity contribution in [2.45, 2.75) is 43.9 Å². The second-order valence-electron chi connectivity index (χ2n) is 10.1. The van der Waals surface area contributed by atoms with Crippen molar-refractivity contribution in [1.82, 2.24) is 15.6 Å². The zero-order valence-corrected chi connectivity index (χ0v) is 22.4. The number of rotatable bonds is 11. The number of nitrogens with one attached hydrogen (secondary N) is 2. The van der Waals surface area contributed by atoms with Crippen molar-refractivity contribution in [3.05, 3.63) is 108 Å². The van der Waals surface area contributed by atoms with Crippen LogP contribution in [0.3, 0.4) is 0 Å². The second-order valence-corrected chi connectivity index (χ2v) is 10.1. The van der Waals surface area contributed by atoms with Crippen LogP contribution in [0, 0.1) is 5.82 Å². The molecule has 1 fully saturated rings. The van der Waals surface area contributed by atoms with E-state index in [1.54, 1.807) is 7.05 Å². The molecule has 1 aromatic heterocycles. The third-order valence-corrected chi connectivity index (χ3v) is 7.43. The van der Waals surface area contributed by atoms with Crippen LogP contribution >= 0.6 is 0 Å². The molecular weight excluding hydrogens is 509 g/mol. The summed E-state index contributed by atoms with van der Waals surface area (Å²) in [5.41, 5.74) is 1.81. The maximum atomic E-state index is 14.3. The summed E-state index contributed by atoms with van der Waals surface area (Å²) in [6.45, 7) is 0.124. The fourth-order valence-electron chi connectivity index (χ4n) is 4.95. The minimum absolute atomic E-state index is 0.0526. The van der Waals surface area contributed by atoms with E-state index in [-0.39, 0.29) is 30.4 Å². The number of ether oxygens (including phenoxy) is 2. The van der Waals surface area contributed by atoms with E-state index in [4.69, 9.17) is 9.47 Å². The van der Waals surface area contributed by atoms with Crippen molar-refractivity contribution in [3.8, 4) is 5.75 Å². The molecule has 4 aromatic rings. The Bertz CT molecular complexity index is 1470. The van der Waals surface area contributed by atoms with Gasteiger partial charge in [0.1, 0.15) is 24.6 Å². The van der Waals surface area contributed by atoms with Gasteiger partial charge in [-0.15, -0.1) is 0 Å². The average Bonchev–Trinajstić information content (AvgIpc) is 2.95. The summed E-state index contributed by atoms with van der Waals surface area (Å²) in [5, 5.41) is 6.62. The fraction of sp³-hybridized carbons (Fsp3) is 0.281. The number of esters is 1. The van der Waals surface area contributed by atoms with E-state index < -0.39 is 23.4 Å². The van der Waals surface area contributed by atoms with Gasteiger partial charge in [0.05, 0.1) is 23.3 Å². The molecule has 1 heterocycles. The molecule has 1 amide bonds. The first-order valence-corrected chi connectivity index (χ1v) is 13.4. The molecule has 0 saturated heterocycles. The first kappa shape index (κ1) is 27.3. The Kier molecular flexibility index (Phi) is 8.36. The smallest absolute Gasteiger partial charge is 0.343 e. The van der Waals surface area contributed by atoms with E-state index in [0.717, 1.165) is 30.4 Å². The molecule has 206 valence electrons. The van der Waals surface area contributed by atoms with E-state index in [1.807, 2.05) is 60.7 Å². The summed E-state index contributed by atoms with van der Waals surface area (Å²) in [4.78, 5) is 31.0. The number of carbonyl (C=O) groups is 2. The van der Waals surface area contributed by atoms with Gasteiger partial charge in [-0.25, -0.2) is 9.18 Å². The Morgan fingerprint density at radius 2 is 1.70 bits per heavy atom. The Balaban J connectivity index is 1.40. The molecule has 0 aliphatic heterocycles. The Hall–Kier alpha value is -4.30. The lowest BCUT2D eigenvalue weighted by molar-refractivity contribution is -0.131. The number of halogens is 1. The predicted octanol–water partition coefficient (Wildman–Crippen LogP) is 4.98. The molecule has 1 atom stereocenters. The second kappa shape index (κ2) is 12.3. The summed E-state index contributed by atoms with van der Waals surface area (Å²) in [6, 6.07) is 22.8. The molecule has 0 spiro atoms. The molecule has 0 bridgehead atoms. The number of hydrogen-bond acceptors (Lipinski definition) is 6. The van der Waals surface area contributed by atoms with Crippen LogP contribution in [-0.2, 0) is 22.6 Å². The molecular formula is C32H32FN3O4. The Morgan fingerprint density at radius 3 is 2.35 bits per heavy atom. The van der Waals surface area contributed by atoms with E-state index in [1.165, 1.54) is 24.4 Å². The topological polar surface area (TPSA) is 89.5 Å². The van der Waals surface area contributed by atoms with Gasteiger partial charge in [0, 0.05) is 5.39 Å². The number of fused-ring (bicyclic) bond motifs is 1. The molecule has 40 heavy (non-hydrogen) atoms. The highest BCUT2D eigenvalue weighted by atomic mass is 19.1. The monoisotopic (exact) mass is 541 g/mol. The number of aromatic nitrogens is 1. The van der Waals surface area contributed by atoms with Gasteiger partial charge >= 0.3 is 5.97 Å². The number of hydrogen-bond donors (Lipinski definition) is 2. The Morgan fingerprint density at radius 1 is 1.00 bits per heavy atom. The highest BCUT2D eigenvalue weighted by Gasteiger charge is 2.43. The lowest BCUT2D eigenvalue weighted by Crippen LogP contribution is -2.62. The first-order valence-electron chi connectivity index (χ1n) is 13.4. The van der Waals surface area contributed by atoms with Crippen molar-refractivity contribution in [2.24, 2.45) is 0 Å². The van der Waals surface area contributed by atoms with Crippen molar-refractivity contribution in [1.29, 1.82) is 0 Å². The number of pyridine rings is 1. The summed E-state index contributed by atoms with van der Waals surface area (Å²) in [5.74, 6) is -1.07. The predicted molar refractivity (Wildman–Crippen MR) is 150 cm³/mol. The molecule has 0 unspecified atom stereocenters. The lowest BCUT2D eigenvalue weighted by Gasteiger charge is -2.40. The van der Waals surface area contributed by atoms with Gasteiger partial charge in [-0.1, -0.05) is 60.7 Å². The zero-order chi connectivity index (χ0) is 28.0. The summed E-state index contributed by atoms with van der Waals surface area (Å²) in [6.07, 6.45) is 4.50. The summed E-state index contributed by atoms with van der Waals surface area (Å²) in [7, 11) is 1.80.